The Balaban J connectivity index is 3.02. The molecular weight excluding hydrogens is 277 g/mol. The summed E-state index contributed by atoms with van der Waals surface area (Å²) in [5.41, 5.74) is 0.483. The minimum absolute atomic E-state index is 0.172. The maximum Gasteiger partial charge on any atom is 0.180 e. The molecule has 1 rings (SSSR count). The maximum atomic E-state index is 11.8. The minimum atomic E-state index is -0.581. The van der Waals surface area contributed by atoms with Crippen LogP contribution in [0.2, 0.25) is 5.02 Å². The molecule has 0 saturated heterocycles. The van der Waals surface area contributed by atoms with Gasteiger partial charge in [0.05, 0.1) is 11.1 Å². The largest absolute Gasteiger partial charge is 0.293 e. The molecule has 0 aliphatic heterocycles. The molecule has 0 heterocycles. The molecule has 1 unspecified atom stereocenters. The summed E-state index contributed by atoms with van der Waals surface area (Å²) in [6, 6.07) is 6.93. The first kappa shape index (κ1) is 12.2. The minimum Gasteiger partial charge on any atom is -0.293 e. The van der Waals surface area contributed by atoms with Crippen molar-refractivity contribution in [2.45, 2.75) is 13.3 Å². The normalized spacial score (nSPS) is 11.9. The smallest absolute Gasteiger partial charge is 0.180 e. The Morgan fingerprint density at radius 3 is 2.80 bits per heavy atom. The SMILES string of the molecule is CCC(C#N)C(=O)c1ccc(Br)c(Cl)c1. The molecule has 0 fully saturated rings. The zero-order valence-electron chi connectivity index (χ0n) is 8.13. The Labute approximate surface area is 102 Å². The van der Waals surface area contributed by atoms with Crippen LogP contribution in [0.3, 0.4) is 0 Å². The van der Waals surface area contributed by atoms with Gasteiger partial charge in [0.1, 0.15) is 5.92 Å². The topological polar surface area (TPSA) is 40.9 Å². The highest BCUT2D eigenvalue weighted by molar-refractivity contribution is 9.10. The lowest BCUT2D eigenvalue weighted by molar-refractivity contribution is 0.0946. The Morgan fingerprint density at radius 2 is 2.33 bits per heavy atom. The Kier molecular flexibility index (Phi) is 4.31. The first-order chi connectivity index (χ1) is 7.10. The van der Waals surface area contributed by atoms with Gasteiger partial charge < -0.3 is 0 Å². The summed E-state index contributed by atoms with van der Waals surface area (Å²) in [6.07, 6.45) is 0.517. The van der Waals surface area contributed by atoms with E-state index in [1.165, 1.54) is 0 Å². The van der Waals surface area contributed by atoms with E-state index in [0.29, 0.717) is 17.0 Å². The molecule has 1 aromatic carbocycles. The van der Waals surface area contributed by atoms with Crippen LogP contribution in [0.5, 0.6) is 0 Å². The third-order valence-corrected chi connectivity index (χ3v) is 3.32. The van der Waals surface area contributed by atoms with E-state index < -0.39 is 5.92 Å². The molecule has 0 aliphatic carbocycles. The lowest BCUT2D eigenvalue weighted by atomic mass is 9.97. The fraction of sp³-hybridized carbons (Fsp3) is 0.273. The first-order valence-electron chi connectivity index (χ1n) is 4.49. The first-order valence-corrected chi connectivity index (χ1v) is 5.66. The summed E-state index contributed by atoms with van der Waals surface area (Å²) in [4.78, 5) is 11.8. The van der Waals surface area contributed by atoms with Gasteiger partial charge in [-0.1, -0.05) is 24.6 Å². The van der Waals surface area contributed by atoms with Crippen LogP contribution < -0.4 is 0 Å². The van der Waals surface area contributed by atoms with E-state index >= 15 is 0 Å². The zero-order chi connectivity index (χ0) is 11.4. The molecule has 4 heteroatoms. The van der Waals surface area contributed by atoms with Crippen molar-refractivity contribution in [2.24, 2.45) is 5.92 Å². The summed E-state index contributed by atoms with van der Waals surface area (Å²) >= 11 is 9.11. The number of nitrogens with zero attached hydrogens (tertiary/aromatic N) is 1. The van der Waals surface area contributed by atoms with Crippen molar-refractivity contribution in [3.8, 4) is 6.07 Å². The van der Waals surface area contributed by atoms with Crippen LogP contribution >= 0.6 is 27.5 Å². The predicted molar refractivity (Wildman–Crippen MR) is 62.9 cm³/mol. The van der Waals surface area contributed by atoms with Gasteiger partial charge in [-0.05, 0) is 34.5 Å². The Morgan fingerprint density at radius 1 is 1.67 bits per heavy atom. The van der Waals surface area contributed by atoms with Crippen LogP contribution in [-0.2, 0) is 0 Å². The molecule has 15 heavy (non-hydrogen) atoms. The van der Waals surface area contributed by atoms with E-state index in [1.807, 2.05) is 13.0 Å². The second kappa shape index (κ2) is 5.29. The van der Waals surface area contributed by atoms with Gasteiger partial charge >= 0.3 is 0 Å². The van der Waals surface area contributed by atoms with Gasteiger partial charge in [0.15, 0.2) is 5.78 Å². The van der Waals surface area contributed by atoms with Crippen molar-refractivity contribution in [1.82, 2.24) is 0 Å². The molecule has 2 nitrogen and oxygen atoms in total. The molecule has 0 aromatic heterocycles. The maximum absolute atomic E-state index is 11.8. The number of rotatable bonds is 3. The van der Waals surface area contributed by atoms with Gasteiger partial charge in [0.2, 0.25) is 0 Å². The van der Waals surface area contributed by atoms with Crippen LogP contribution in [0, 0.1) is 17.2 Å². The van der Waals surface area contributed by atoms with Crippen LogP contribution in [0.1, 0.15) is 23.7 Å². The number of hydrogen-bond donors (Lipinski definition) is 0. The molecule has 0 aliphatic rings. The highest BCUT2D eigenvalue weighted by atomic mass is 79.9. The third kappa shape index (κ3) is 2.80. The van der Waals surface area contributed by atoms with Crippen LogP contribution in [0.25, 0.3) is 0 Å². The summed E-state index contributed by atoms with van der Waals surface area (Å²) in [6.45, 7) is 1.81. The van der Waals surface area contributed by atoms with Gasteiger partial charge in [-0.3, -0.25) is 4.79 Å². The zero-order valence-corrected chi connectivity index (χ0v) is 10.5. The Hall–Kier alpha value is -0.850. The van der Waals surface area contributed by atoms with Gasteiger partial charge in [-0.2, -0.15) is 5.26 Å². The number of nitriles is 1. The Bertz CT molecular complexity index is 425. The van der Waals surface area contributed by atoms with E-state index in [2.05, 4.69) is 15.9 Å². The van der Waals surface area contributed by atoms with Crippen molar-refractivity contribution in [1.29, 1.82) is 5.26 Å². The summed E-state index contributed by atoms with van der Waals surface area (Å²) in [7, 11) is 0. The number of carbonyl (C=O) groups is 1. The number of carbonyl (C=O) groups excluding carboxylic acids is 1. The molecular formula is C11H9BrClNO. The standard InChI is InChI=1S/C11H9BrClNO/c1-2-7(6-14)11(15)8-3-4-9(12)10(13)5-8/h3-5,7H,2H2,1H3. The summed E-state index contributed by atoms with van der Waals surface area (Å²) in [5.74, 6) is -0.753. The molecule has 0 amide bonds. The van der Waals surface area contributed by atoms with Gasteiger partial charge in [0, 0.05) is 10.0 Å². The fourth-order valence-electron chi connectivity index (χ4n) is 1.19. The van der Waals surface area contributed by atoms with E-state index in [1.54, 1.807) is 18.2 Å². The van der Waals surface area contributed by atoms with Crippen molar-refractivity contribution in [3.63, 3.8) is 0 Å². The number of benzene rings is 1. The lowest BCUT2D eigenvalue weighted by Gasteiger charge is -2.05. The highest BCUT2D eigenvalue weighted by Crippen LogP contribution is 2.24. The summed E-state index contributed by atoms with van der Waals surface area (Å²) < 4.78 is 0.741. The van der Waals surface area contributed by atoms with Crippen LogP contribution in [0.4, 0.5) is 0 Å². The predicted octanol–water partition coefficient (Wildman–Crippen LogP) is 3.83. The second-order valence-electron chi connectivity index (χ2n) is 3.08. The van der Waals surface area contributed by atoms with Crippen LogP contribution in [0.15, 0.2) is 22.7 Å². The number of hydrogen-bond acceptors (Lipinski definition) is 2. The molecule has 1 aromatic rings. The molecule has 0 spiro atoms. The molecule has 0 radical (unpaired) electrons. The van der Waals surface area contributed by atoms with E-state index in [4.69, 9.17) is 16.9 Å². The quantitative estimate of drug-likeness (QED) is 0.792. The second-order valence-corrected chi connectivity index (χ2v) is 4.34. The van der Waals surface area contributed by atoms with Crippen molar-refractivity contribution >= 4 is 33.3 Å². The number of ketones is 1. The third-order valence-electron chi connectivity index (χ3n) is 2.08. The lowest BCUT2D eigenvalue weighted by Crippen LogP contribution is -2.11. The molecule has 0 saturated carbocycles. The molecule has 0 N–H and O–H groups in total. The van der Waals surface area contributed by atoms with Gasteiger partial charge in [0.25, 0.3) is 0 Å². The van der Waals surface area contributed by atoms with Crippen molar-refractivity contribution in [2.75, 3.05) is 0 Å². The highest BCUT2D eigenvalue weighted by Gasteiger charge is 2.18. The molecule has 1 atom stereocenters. The summed E-state index contributed by atoms with van der Waals surface area (Å²) in [5, 5.41) is 9.25. The van der Waals surface area contributed by atoms with Crippen molar-refractivity contribution < 1.29 is 4.79 Å². The van der Waals surface area contributed by atoms with E-state index in [-0.39, 0.29) is 5.78 Å². The number of halogens is 2. The van der Waals surface area contributed by atoms with Gasteiger partial charge in [-0.25, -0.2) is 0 Å². The van der Waals surface area contributed by atoms with Crippen LogP contribution in [-0.4, -0.2) is 5.78 Å². The molecule has 78 valence electrons. The van der Waals surface area contributed by atoms with Crippen molar-refractivity contribution in [3.05, 3.63) is 33.3 Å². The average Bonchev–Trinajstić information content (AvgIpc) is 2.23. The molecule has 0 bridgehead atoms. The van der Waals surface area contributed by atoms with Gasteiger partial charge in [-0.15, -0.1) is 0 Å². The average molecular weight is 287 g/mol. The number of Topliss-reactive ketones (excluding diaryl/α,β-unsaturated/α-hetero) is 1. The van der Waals surface area contributed by atoms with E-state index in [9.17, 15) is 4.79 Å². The van der Waals surface area contributed by atoms with E-state index in [0.717, 1.165) is 4.47 Å². The fourth-order valence-corrected chi connectivity index (χ4v) is 1.61. The monoisotopic (exact) mass is 285 g/mol.